The molecule has 0 saturated heterocycles. The lowest BCUT2D eigenvalue weighted by Crippen LogP contribution is -2.23. The van der Waals surface area contributed by atoms with Crippen LogP contribution in [-0.4, -0.2) is 35.4 Å². The van der Waals surface area contributed by atoms with Crippen LogP contribution in [0.5, 0.6) is 0 Å². The van der Waals surface area contributed by atoms with E-state index in [0.717, 1.165) is 19.1 Å². The van der Waals surface area contributed by atoms with Crippen molar-refractivity contribution in [2.45, 2.75) is 13.0 Å². The van der Waals surface area contributed by atoms with Crippen molar-refractivity contribution in [1.82, 2.24) is 0 Å². The van der Waals surface area contributed by atoms with Gasteiger partial charge in [-0.2, -0.15) is 0 Å². The third-order valence-corrected chi connectivity index (χ3v) is 2.13. The first kappa shape index (κ1) is 14.3. The molecule has 100 valence electrons. The SMILES string of the molecule is CC(=O)Nc1c(F)ccc(NCC(O)CO)c1F. The number of amides is 1. The lowest BCUT2D eigenvalue weighted by molar-refractivity contribution is -0.114. The summed E-state index contributed by atoms with van der Waals surface area (Å²) in [5.41, 5.74) is -0.626. The first-order valence-electron chi connectivity index (χ1n) is 5.24. The third-order valence-electron chi connectivity index (χ3n) is 2.13. The number of carbonyl (C=O) groups excluding carboxylic acids is 1. The van der Waals surface area contributed by atoms with Crippen LogP contribution in [0.4, 0.5) is 20.2 Å². The van der Waals surface area contributed by atoms with Crippen LogP contribution in [0.3, 0.4) is 0 Å². The summed E-state index contributed by atoms with van der Waals surface area (Å²) in [5, 5.41) is 22.2. The number of rotatable bonds is 5. The molecule has 7 heteroatoms. The molecule has 0 bridgehead atoms. The second-order valence-electron chi connectivity index (χ2n) is 3.68. The molecule has 0 aliphatic carbocycles. The fourth-order valence-corrected chi connectivity index (χ4v) is 1.27. The van der Waals surface area contributed by atoms with Crippen molar-refractivity contribution in [3.63, 3.8) is 0 Å². The van der Waals surface area contributed by atoms with Crippen molar-refractivity contribution in [2.24, 2.45) is 0 Å². The van der Waals surface area contributed by atoms with Gasteiger partial charge in [-0.15, -0.1) is 0 Å². The maximum Gasteiger partial charge on any atom is 0.221 e. The smallest absolute Gasteiger partial charge is 0.221 e. The van der Waals surface area contributed by atoms with Crippen molar-refractivity contribution >= 4 is 17.3 Å². The molecule has 1 atom stereocenters. The summed E-state index contributed by atoms with van der Waals surface area (Å²) in [7, 11) is 0. The van der Waals surface area contributed by atoms with Crippen LogP contribution >= 0.6 is 0 Å². The molecule has 0 saturated carbocycles. The molecule has 1 unspecified atom stereocenters. The van der Waals surface area contributed by atoms with Gasteiger partial charge < -0.3 is 20.8 Å². The van der Waals surface area contributed by atoms with Gasteiger partial charge in [-0.3, -0.25) is 4.79 Å². The molecule has 0 aliphatic heterocycles. The highest BCUT2D eigenvalue weighted by Crippen LogP contribution is 2.25. The molecule has 1 rings (SSSR count). The lowest BCUT2D eigenvalue weighted by Gasteiger charge is -2.13. The maximum atomic E-state index is 13.8. The Balaban J connectivity index is 2.90. The zero-order chi connectivity index (χ0) is 13.7. The first-order valence-corrected chi connectivity index (χ1v) is 5.24. The highest BCUT2D eigenvalue weighted by Gasteiger charge is 2.15. The van der Waals surface area contributed by atoms with Gasteiger partial charge in [0.1, 0.15) is 11.5 Å². The number of aliphatic hydroxyl groups excluding tert-OH is 2. The standard InChI is InChI=1S/C11H14F2N2O3/c1-6(17)15-11-8(12)2-3-9(10(11)13)14-4-7(18)5-16/h2-3,7,14,16,18H,4-5H2,1H3,(H,15,17). The van der Waals surface area contributed by atoms with Gasteiger partial charge in [-0.05, 0) is 12.1 Å². The Kier molecular flexibility index (Phi) is 4.99. The normalized spacial score (nSPS) is 12.1. The second-order valence-corrected chi connectivity index (χ2v) is 3.68. The number of nitrogens with one attached hydrogen (secondary N) is 2. The highest BCUT2D eigenvalue weighted by molar-refractivity contribution is 5.89. The molecule has 5 nitrogen and oxygen atoms in total. The van der Waals surface area contributed by atoms with Crippen LogP contribution in [-0.2, 0) is 4.79 Å². The van der Waals surface area contributed by atoms with Gasteiger partial charge in [0.2, 0.25) is 5.91 Å². The summed E-state index contributed by atoms with van der Waals surface area (Å²) in [5.74, 6) is -2.45. The summed E-state index contributed by atoms with van der Waals surface area (Å²) >= 11 is 0. The van der Waals surface area contributed by atoms with Crippen molar-refractivity contribution in [3.05, 3.63) is 23.8 Å². The number of carbonyl (C=O) groups is 1. The van der Waals surface area contributed by atoms with Crippen LogP contribution in [0.1, 0.15) is 6.92 Å². The van der Waals surface area contributed by atoms with Crippen LogP contribution in [0.15, 0.2) is 12.1 Å². The van der Waals surface area contributed by atoms with E-state index in [4.69, 9.17) is 10.2 Å². The Hall–Kier alpha value is -1.73. The molecular formula is C11H14F2N2O3. The second kappa shape index (κ2) is 6.27. The van der Waals surface area contributed by atoms with Gasteiger partial charge in [0.15, 0.2) is 5.82 Å². The molecule has 0 heterocycles. The Morgan fingerprint density at radius 1 is 1.44 bits per heavy atom. The Morgan fingerprint density at radius 3 is 2.67 bits per heavy atom. The van der Waals surface area contributed by atoms with Crippen LogP contribution in [0.25, 0.3) is 0 Å². The van der Waals surface area contributed by atoms with E-state index in [1.54, 1.807) is 0 Å². The molecule has 1 amide bonds. The van der Waals surface area contributed by atoms with E-state index in [9.17, 15) is 13.6 Å². The fourth-order valence-electron chi connectivity index (χ4n) is 1.27. The van der Waals surface area contributed by atoms with E-state index >= 15 is 0 Å². The summed E-state index contributed by atoms with van der Waals surface area (Å²) < 4.78 is 27.1. The van der Waals surface area contributed by atoms with Crippen molar-refractivity contribution in [3.8, 4) is 0 Å². The summed E-state index contributed by atoms with van der Waals surface area (Å²) in [6.07, 6.45) is -1.06. The topological polar surface area (TPSA) is 81.6 Å². The van der Waals surface area contributed by atoms with E-state index in [-0.39, 0.29) is 12.2 Å². The van der Waals surface area contributed by atoms with Gasteiger partial charge in [-0.1, -0.05) is 0 Å². The van der Waals surface area contributed by atoms with Gasteiger partial charge in [0.05, 0.1) is 18.4 Å². The lowest BCUT2D eigenvalue weighted by atomic mass is 10.2. The minimum Gasteiger partial charge on any atom is -0.394 e. The van der Waals surface area contributed by atoms with Gasteiger partial charge >= 0.3 is 0 Å². The summed E-state index contributed by atoms with van der Waals surface area (Å²) in [6, 6.07) is 2.13. The van der Waals surface area contributed by atoms with Crippen molar-refractivity contribution < 1.29 is 23.8 Å². The molecule has 0 aromatic heterocycles. The molecule has 4 N–H and O–H groups in total. The Bertz CT molecular complexity index is 441. The number of hydrogen-bond acceptors (Lipinski definition) is 4. The van der Waals surface area contributed by atoms with E-state index in [2.05, 4.69) is 5.32 Å². The zero-order valence-corrected chi connectivity index (χ0v) is 9.70. The van der Waals surface area contributed by atoms with E-state index < -0.39 is 35.9 Å². The van der Waals surface area contributed by atoms with E-state index in [0.29, 0.717) is 0 Å². The number of aliphatic hydroxyl groups is 2. The predicted octanol–water partition coefficient (Wildman–Crippen LogP) is 0.688. The average molecular weight is 260 g/mol. The van der Waals surface area contributed by atoms with Crippen LogP contribution < -0.4 is 10.6 Å². The number of anilines is 2. The average Bonchev–Trinajstić information content (AvgIpc) is 2.32. The largest absolute Gasteiger partial charge is 0.394 e. The van der Waals surface area contributed by atoms with E-state index in [1.165, 1.54) is 0 Å². The minimum atomic E-state index is -1.06. The fraction of sp³-hybridized carbons (Fsp3) is 0.364. The highest BCUT2D eigenvalue weighted by atomic mass is 19.1. The third kappa shape index (κ3) is 3.64. The molecule has 0 spiro atoms. The molecule has 1 aromatic carbocycles. The summed E-state index contributed by atoms with van der Waals surface area (Å²) in [6.45, 7) is 0.557. The van der Waals surface area contributed by atoms with E-state index in [1.807, 2.05) is 5.32 Å². The quantitative estimate of drug-likeness (QED) is 0.628. The zero-order valence-electron chi connectivity index (χ0n) is 9.70. The molecular weight excluding hydrogens is 246 g/mol. The molecule has 0 aliphatic rings. The maximum absolute atomic E-state index is 13.8. The number of benzene rings is 1. The van der Waals surface area contributed by atoms with Gasteiger partial charge in [0.25, 0.3) is 0 Å². The minimum absolute atomic E-state index is 0.0762. The first-order chi connectivity index (χ1) is 8.45. The van der Waals surface area contributed by atoms with Crippen molar-refractivity contribution in [2.75, 3.05) is 23.8 Å². The molecule has 0 fully saturated rings. The van der Waals surface area contributed by atoms with Gasteiger partial charge in [-0.25, -0.2) is 8.78 Å². The Labute approximate surface area is 102 Å². The number of hydrogen-bond donors (Lipinski definition) is 4. The molecule has 18 heavy (non-hydrogen) atoms. The van der Waals surface area contributed by atoms with Gasteiger partial charge in [0, 0.05) is 13.5 Å². The Morgan fingerprint density at radius 2 is 2.11 bits per heavy atom. The van der Waals surface area contributed by atoms with Crippen molar-refractivity contribution in [1.29, 1.82) is 0 Å². The molecule has 1 aromatic rings. The van der Waals surface area contributed by atoms with Crippen LogP contribution in [0, 0.1) is 11.6 Å². The summed E-state index contributed by atoms with van der Waals surface area (Å²) in [4.78, 5) is 10.8. The number of halogens is 2. The van der Waals surface area contributed by atoms with Crippen LogP contribution in [0.2, 0.25) is 0 Å². The monoisotopic (exact) mass is 260 g/mol. The predicted molar refractivity (Wildman–Crippen MR) is 62.2 cm³/mol. The molecule has 0 radical (unpaired) electrons.